The maximum absolute atomic E-state index is 15.1. The van der Waals surface area contributed by atoms with Crippen LogP contribution in [0.1, 0.15) is 152 Å². The number of halogens is 2. The van der Waals surface area contributed by atoms with E-state index in [1.54, 1.807) is 0 Å². The molecule has 2 unspecified atom stereocenters. The molecule has 256 valence electrons. The minimum absolute atomic E-state index is 0.0887. The van der Waals surface area contributed by atoms with Crippen molar-refractivity contribution in [3.8, 4) is 0 Å². The largest absolute Gasteiger partial charge is 0.300 e. The number of ketones is 1. The van der Waals surface area contributed by atoms with Crippen LogP contribution in [0.25, 0.3) is 0 Å². The lowest BCUT2D eigenvalue weighted by Gasteiger charge is -2.31. The van der Waals surface area contributed by atoms with Gasteiger partial charge in [-0.15, -0.1) is 0 Å². The van der Waals surface area contributed by atoms with Crippen molar-refractivity contribution < 1.29 is 13.6 Å². The molecular weight excluding hydrogens is 578 g/mol. The minimum Gasteiger partial charge on any atom is -0.300 e. The Morgan fingerprint density at radius 2 is 0.978 bits per heavy atom. The van der Waals surface area contributed by atoms with Gasteiger partial charge in [0.25, 0.3) is 0 Å². The quantitative estimate of drug-likeness (QED) is 0.135. The smallest absolute Gasteiger partial charge is 0.132 e. The highest BCUT2D eigenvalue weighted by Crippen LogP contribution is 2.37. The van der Waals surface area contributed by atoms with Gasteiger partial charge in [-0.1, -0.05) is 65.2 Å². The molecule has 2 fully saturated rings. The molecule has 0 aromatic carbocycles. The lowest BCUT2D eigenvalue weighted by Crippen LogP contribution is -2.25. The van der Waals surface area contributed by atoms with Gasteiger partial charge in [0, 0.05) is 25.7 Å². The molecule has 46 heavy (non-hydrogen) atoms. The predicted octanol–water partition coefficient (Wildman–Crippen LogP) is 9.94. The molecule has 2 saturated carbocycles. The molecule has 2 aromatic heterocycles. The van der Waals surface area contributed by atoms with Gasteiger partial charge in [0.2, 0.25) is 0 Å². The average Bonchev–Trinajstić information content (AvgIpc) is 3.08. The summed E-state index contributed by atoms with van der Waals surface area (Å²) in [6.45, 7) is 4.38. The zero-order valence-corrected chi connectivity index (χ0v) is 28.8. The van der Waals surface area contributed by atoms with Crippen molar-refractivity contribution in [2.24, 2.45) is 23.7 Å². The summed E-state index contributed by atoms with van der Waals surface area (Å²) in [7, 11) is 0. The van der Waals surface area contributed by atoms with Crippen LogP contribution in [-0.2, 0) is 30.5 Å². The van der Waals surface area contributed by atoms with Crippen LogP contribution < -0.4 is 0 Å². The maximum Gasteiger partial charge on any atom is 0.132 e. The number of aryl methyl sites for hydroxylation is 2. The zero-order valence-electron chi connectivity index (χ0n) is 28.8. The van der Waals surface area contributed by atoms with Crippen molar-refractivity contribution in [1.29, 1.82) is 0 Å². The van der Waals surface area contributed by atoms with Gasteiger partial charge >= 0.3 is 0 Å². The number of carbonyl (C=O) groups is 1. The molecule has 0 spiro atoms. The summed E-state index contributed by atoms with van der Waals surface area (Å²) in [6, 6.07) is 7.92. The molecule has 0 saturated heterocycles. The Labute approximate surface area is 277 Å². The molecule has 2 aliphatic rings. The normalized spacial score (nSPS) is 23.2. The van der Waals surface area contributed by atoms with Gasteiger partial charge in [-0.05, 0) is 112 Å². The number of Topliss-reactive ketones (excluding diaryl/α,β-unsaturated/α-hetero) is 1. The fourth-order valence-corrected chi connectivity index (χ4v) is 7.64. The van der Waals surface area contributed by atoms with Crippen molar-refractivity contribution in [1.82, 2.24) is 20.4 Å². The summed E-state index contributed by atoms with van der Waals surface area (Å²) in [5.41, 5.74) is 3.51. The Hall–Kier alpha value is -2.31. The van der Waals surface area contributed by atoms with Crippen LogP contribution in [0, 0.1) is 23.7 Å². The summed E-state index contributed by atoms with van der Waals surface area (Å²) in [4.78, 5) is 12.7. The molecule has 0 aliphatic heterocycles. The Balaban J connectivity index is 1.04. The number of rotatable bonds is 20. The molecule has 5 nitrogen and oxygen atoms in total. The van der Waals surface area contributed by atoms with E-state index in [9.17, 15) is 4.79 Å². The van der Waals surface area contributed by atoms with Crippen LogP contribution >= 0.6 is 0 Å². The van der Waals surface area contributed by atoms with Crippen LogP contribution in [0.3, 0.4) is 0 Å². The molecular formula is C39H60F2N4O. The van der Waals surface area contributed by atoms with E-state index in [0.717, 1.165) is 113 Å². The Bertz CT molecular complexity index is 1020. The third-order valence-corrected chi connectivity index (χ3v) is 10.9. The molecule has 0 N–H and O–H groups in total. The highest BCUT2D eigenvalue weighted by Gasteiger charge is 2.30. The third kappa shape index (κ3) is 12.7. The van der Waals surface area contributed by atoms with E-state index in [0.29, 0.717) is 43.3 Å². The van der Waals surface area contributed by atoms with Crippen LogP contribution in [0.5, 0.6) is 0 Å². The van der Waals surface area contributed by atoms with Crippen molar-refractivity contribution in [3.05, 3.63) is 47.0 Å². The first-order chi connectivity index (χ1) is 22.4. The predicted molar refractivity (Wildman–Crippen MR) is 182 cm³/mol. The number of hydrogen-bond donors (Lipinski definition) is 0. The highest BCUT2D eigenvalue weighted by molar-refractivity contribution is 5.78. The number of aromatic nitrogens is 4. The van der Waals surface area contributed by atoms with E-state index >= 15 is 8.78 Å². The number of carbonyl (C=O) groups excluding carboxylic acids is 1. The van der Waals surface area contributed by atoms with E-state index in [1.807, 2.05) is 24.3 Å². The summed E-state index contributed by atoms with van der Waals surface area (Å²) in [6.07, 6.45) is 18.7. The summed E-state index contributed by atoms with van der Waals surface area (Å²) >= 11 is 0. The van der Waals surface area contributed by atoms with Crippen molar-refractivity contribution in [2.45, 2.75) is 167 Å². The van der Waals surface area contributed by atoms with Gasteiger partial charge < -0.3 is 0 Å². The molecule has 0 amide bonds. The monoisotopic (exact) mass is 638 g/mol. The van der Waals surface area contributed by atoms with Crippen molar-refractivity contribution in [2.75, 3.05) is 0 Å². The fraction of sp³-hybridized carbons (Fsp3) is 0.769. The summed E-state index contributed by atoms with van der Waals surface area (Å²) in [5, 5.41) is 17.2. The van der Waals surface area contributed by atoms with Gasteiger partial charge in [0.05, 0.1) is 22.8 Å². The van der Waals surface area contributed by atoms with Gasteiger partial charge in [0.15, 0.2) is 0 Å². The van der Waals surface area contributed by atoms with Crippen LogP contribution in [0.2, 0.25) is 0 Å². The second-order valence-corrected chi connectivity index (χ2v) is 14.6. The molecule has 0 bridgehead atoms. The number of nitrogens with zero attached hydrogens (tertiary/aromatic N) is 4. The van der Waals surface area contributed by atoms with E-state index < -0.39 is 12.3 Å². The second kappa shape index (κ2) is 20.1. The highest BCUT2D eigenvalue weighted by atomic mass is 19.1. The van der Waals surface area contributed by atoms with Crippen LogP contribution in [0.4, 0.5) is 8.78 Å². The van der Waals surface area contributed by atoms with Gasteiger partial charge in [-0.25, -0.2) is 8.78 Å². The average molecular weight is 639 g/mol. The standard InChI is InChI=1S/C39H60F2N4O/c1-3-5-7-9-33-21-23-35(44-42-33)27-38(40)31-17-11-29(12-18-31)15-25-37(46)26-16-30-13-19-32(20-14-30)39(41)28-36-24-22-34(43-45-36)10-8-6-4-2/h21-24,29-32,38-39H,3-20,25-28H2,1-2H3/t29-,30?,31-,32?,38?,39?. The maximum atomic E-state index is 15.1. The van der Waals surface area contributed by atoms with Gasteiger partial charge in [0.1, 0.15) is 18.1 Å². The molecule has 0 radical (unpaired) electrons. The van der Waals surface area contributed by atoms with Crippen LogP contribution in [0.15, 0.2) is 24.3 Å². The zero-order chi connectivity index (χ0) is 32.6. The van der Waals surface area contributed by atoms with E-state index in [-0.39, 0.29) is 11.8 Å². The first-order valence-electron chi connectivity index (χ1n) is 18.9. The molecule has 2 aromatic rings. The number of unbranched alkanes of at least 4 members (excludes halogenated alkanes) is 4. The fourth-order valence-electron chi connectivity index (χ4n) is 7.64. The minimum atomic E-state index is -0.870. The molecule has 4 rings (SSSR count). The van der Waals surface area contributed by atoms with Crippen LogP contribution in [-0.4, -0.2) is 38.5 Å². The van der Waals surface area contributed by atoms with Crippen molar-refractivity contribution in [3.63, 3.8) is 0 Å². The molecule has 7 heteroatoms. The Kier molecular flexibility index (Phi) is 16.0. The SMILES string of the molecule is CCCCCc1ccc(CC(F)C2CCC(CCC(=O)CC[C@H]3CC[C@H](C(F)Cc4ccc(CCCCC)nn4)CC3)CC2)nn1. The number of alkyl halides is 2. The Morgan fingerprint density at radius 1 is 0.609 bits per heavy atom. The summed E-state index contributed by atoms with van der Waals surface area (Å²) < 4.78 is 30.2. The Morgan fingerprint density at radius 3 is 1.33 bits per heavy atom. The van der Waals surface area contributed by atoms with E-state index in [1.165, 1.54) is 25.7 Å². The topological polar surface area (TPSA) is 68.6 Å². The molecule has 2 heterocycles. The summed E-state index contributed by atoms with van der Waals surface area (Å²) in [5.74, 6) is 1.61. The second-order valence-electron chi connectivity index (χ2n) is 14.6. The lowest BCUT2D eigenvalue weighted by molar-refractivity contribution is -0.119. The van der Waals surface area contributed by atoms with E-state index in [4.69, 9.17) is 0 Å². The van der Waals surface area contributed by atoms with Gasteiger partial charge in [-0.2, -0.15) is 20.4 Å². The first kappa shape index (κ1) is 36.5. The molecule has 2 aliphatic carbocycles. The van der Waals surface area contributed by atoms with Gasteiger partial charge in [-0.3, -0.25) is 4.79 Å². The van der Waals surface area contributed by atoms with Crippen molar-refractivity contribution >= 4 is 5.78 Å². The lowest BCUT2D eigenvalue weighted by atomic mass is 9.76. The van der Waals surface area contributed by atoms with E-state index in [2.05, 4.69) is 34.2 Å². The number of hydrogen-bond acceptors (Lipinski definition) is 5. The molecule has 2 atom stereocenters. The first-order valence-corrected chi connectivity index (χ1v) is 18.9. The third-order valence-electron chi connectivity index (χ3n) is 10.9.